The van der Waals surface area contributed by atoms with Gasteiger partial charge >= 0.3 is 0 Å². The van der Waals surface area contributed by atoms with Gasteiger partial charge in [0.25, 0.3) is 11.1 Å². The number of rotatable bonds is 4. The van der Waals surface area contributed by atoms with Crippen molar-refractivity contribution in [1.29, 1.82) is 0 Å². The van der Waals surface area contributed by atoms with E-state index in [-0.39, 0.29) is 33.4 Å². The van der Waals surface area contributed by atoms with Crippen molar-refractivity contribution in [3.8, 4) is 0 Å². The Morgan fingerprint density at radius 2 is 1.02 bits per heavy atom. The summed E-state index contributed by atoms with van der Waals surface area (Å²) in [5.74, 6) is 0. The predicted octanol–water partition coefficient (Wildman–Crippen LogP) is -4.52. The maximum Gasteiger partial charge on any atom is 0.281 e. The first-order chi connectivity index (χ1) is 19.1. The Labute approximate surface area is 223 Å². The van der Waals surface area contributed by atoms with E-state index < -0.39 is 62.3 Å². The number of aryl methyl sites for hydroxylation is 2. The number of nitrogens with zero attached hydrogens (tertiary/aromatic N) is 8. The molecule has 2 fully saturated rings. The molecule has 6 N–H and O–H groups in total. The average molecular weight is 565 g/mol. The van der Waals surface area contributed by atoms with Crippen LogP contribution in [0.2, 0.25) is 0 Å². The third-order valence-electron chi connectivity index (χ3n) is 6.87. The molecule has 18 heteroatoms. The molecule has 0 unspecified atom stereocenters. The molecular weight excluding hydrogens is 536 g/mol. The predicted molar refractivity (Wildman–Crippen MR) is 132 cm³/mol. The largest absolute Gasteiger partial charge is 0.394 e. The van der Waals surface area contributed by atoms with E-state index in [9.17, 15) is 30.0 Å². The van der Waals surface area contributed by atoms with Gasteiger partial charge in [0, 0.05) is 14.1 Å². The van der Waals surface area contributed by atoms with Crippen molar-refractivity contribution in [3.05, 3.63) is 46.0 Å². The van der Waals surface area contributed by atoms with Crippen LogP contribution >= 0.6 is 0 Å². The number of fused-ring (bicyclic) bond motifs is 2. The molecule has 40 heavy (non-hydrogen) atoms. The second kappa shape index (κ2) is 10.7. The van der Waals surface area contributed by atoms with Crippen molar-refractivity contribution in [2.45, 2.75) is 49.1 Å². The number of ether oxygens (including phenoxy) is 2. The molecule has 0 amide bonds. The van der Waals surface area contributed by atoms with Crippen LogP contribution < -0.4 is 11.1 Å². The van der Waals surface area contributed by atoms with E-state index in [1.165, 1.54) is 43.6 Å². The number of aromatic nitrogens is 8. The Bertz CT molecular complexity index is 1510. The summed E-state index contributed by atoms with van der Waals surface area (Å²) in [5.41, 5.74) is 0.160. The van der Waals surface area contributed by atoms with E-state index in [1.54, 1.807) is 14.1 Å². The van der Waals surface area contributed by atoms with Crippen LogP contribution in [-0.4, -0.2) is 119 Å². The molecule has 2 aliphatic rings. The zero-order valence-corrected chi connectivity index (χ0v) is 21.2. The highest BCUT2D eigenvalue weighted by atomic mass is 16.6. The van der Waals surface area contributed by atoms with Gasteiger partial charge in [0.05, 0.1) is 38.5 Å². The Morgan fingerprint density at radius 3 is 1.35 bits per heavy atom. The van der Waals surface area contributed by atoms with Gasteiger partial charge in [0.2, 0.25) is 0 Å². The zero-order chi connectivity index (χ0) is 28.9. The molecule has 0 saturated carbocycles. The third kappa shape index (κ3) is 4.49. The molecule has 18 nitrogen and oxygen atoms in total. The van der Waals surface area contributed by atoms with E-state index in [0.29, 0.717) is 0 Å². The number of aliphatic hydroxyl groups is 6. The van der Waals surface area contributed by atoms with Crippen molar-refractivity contribution in [2.24, 2.45) is 14.1 Å². The summed E-state index contributed by atoms with van der Waals surface area (Å²) in [6.07, 6.45) is -3.28. The summed E-state index contributed by atoms with van der Waals surface area (Å²) in [6, 6.07) is 0. The molecule has 8 atom stereocenters. The SMILES string of the molecule is Cn1cnc2c(ncn2[C@@H]2O[C@H](CO)[C@@H](O)[C@H]2O)c1=O.Cn1cnc2c(ncn2[C@@H]2O[C@H](CO)[C@@H](O)[C@H]2O)c1=O. The molecule has 6 rings (SSSR count). The third-order valence-corrected chi connectivity index (χ3v) is 6.87. The number of hydrogen-bond acceptors (Lipinski definition) is 14. The summed E-state index contributed by atoms with van der Waals surface area (Å²) in [6.45, 7) is -0.840. The normalized spacial score (nSPS) is 30.2. The number of aliphatic hydroxyl groups excluding tert-OH is 6. The smallest absolute Gasteiger partial charge is 0.281 e. The minimum Gasteiger partial charge on any atom is -0.394 e. The number of hydrogen-bond donors (Lipinski definition) is 6. The molecule has 0 bridgehead atoms. The fourth-order valence-corrected chi connectivity index (χ4v) is 4.58. The van der Waals surface area contributed by atoms with Crippen LogP contribution in [0.25, 0.3) is 22.3 Å². The lowest BCUT2D eigenvalue weighted by molar-refractivity contribution is -0.0511. The Hall–Kier alpha value is -3.62. The zero-order valence-electron chi connectivity index (χ0n) is 21.2. The molecule has 4 aromatic rings. The van der Waals surface area contributed by atoms with E-state index in [2.05, 4.69) is 19.9 Å². The van der Waals surface area contributed by atoms with Gasteiger partial charge in [0.15, 0.2) is 34.8 Å². The van der Waals surface area contributed by atoms with Gasteiger partial charge in [-0.2, -0.15) is 0 Å². The van der Waals surface area contributed by atoms with Crippen LogP contribution in [0.3, 0.4) is 0 Å². The Morgan fingerprint density at radius 1 is 0.650 bits per heavy atom. The topological polar surface area (TPSA) is 245 Å². The van der Waals surface area contributed by atoms with Gasteiger partial charge in [-0.3, -0.25) is 18.7 Å². The van der Waals surface area contributed by atoms with E-state index >= 15 is 0 Å². The summed E-state index contributed by atoms with van der Waals surface area (Å²) >= 11 is 0. The fraction of sp³-hybridized carbons (Fsp3) is 0.545. The van der Waals surface area contributed by atoms with Crippen LogP contribution in [0.15, 0.2) is 34.9 Å². The summed E-state index contributed by atoms with van der Waals surface area (Å²) in [7, 11) is 3.11. The van der Waals surface area contributed by atoms with Gasteiger partial charge in [-0.1, -0.05) is 0 Å². The highest BCUT2D eigenvalue weighted by Crippen LogP contribution is 2.31. The first-order valence-electron chi connectivity index (χ1n) is 12.1. The highest BCUT2D eigenvalue weighted by Gasteiger charge is 2.45. The van der Waals surface area contributed by atoms with Gasteiger partial charge in [0.1, 0.15) is 36.6 Å². The maximum atomic E-state index is 11.9. The second-order valence-electron chi connectivity index (χ2n) is 9.43. The van der Waals surface area contributed by atoms with E-state index in [0.717, 1.165) is 0 Å². The van der Waals surface area contributed by atoms with Gasteiger partial charge < -0.3 is 49.2 Å². The lowest BCUT2D eigenvalue weighted by atomic mass is 10.1. The second-order valence-corrected chi connectivity index (χ2v) is 9.43. The fourth-order valence-electron chi connectivity index (χ4n) is 4.58. The first-order valence-corrected chi connectivity index (χ1v) is 12.1. The Balaban J connectivity index is 0.000000161. The maximum absolute atomic E-state index is 11.9. The lowest BCUT2D eigenvalue weighted by Crippen LogP contribution is -2.33. The van der Waals surface area contributed by atoms with Crippen LogP contribution in [0.4, 0.5) is 0 Å². The molecule has 0 aliphatic carbocycles. The molecule has 2 aliphatic heterocycles. The van der Waals surface area contributed by atoms with Crippen molar-refractivity contribution in [2.75, 3.05) is 13.2 Å². The van der Waals surface area contributed by atoms with Gasteiger partial charge in [-0.05, 0) is 0 Å². The Kier molecular flexibility index (Phi) is 7.50. The van der Waals surface area contributed by atoms with E-state index in [4.69, 9.17) is 19.7 Å². The van der Waals surface area contributed by atoms with Crippen LogP contribution in [0.5, 0.6) is 0 Å². The highest BCUT2D eigenvalue weighted by molar-refractivity contribution is 5.69. The minimum atomic E-state index is -1.24. The first kappa shape index (κ1) is 27.9. The van der Waals surface area contributed by atoms with Crippen LogP contribution in [0, 0.1) is 0 Å². The molecular formula is C22H28N8O10. The van der Waals surface area contributed by atoms with Crippen LogP contribution in [0.1, 0.15) is 12.5 Å². The molecule has 0 aromatic carbocycles. The summed E-state index contributed by atoms with van der Waals surface area (Å²) < 4.78 is 16.1. The molecule has 4 aromatic heterocycles. The van der Waals surface area contributed by atoms with Crippen molar-refractivity contribution in [3.63, 3.8) is 0 Å². The summed E-state index contributed by atoms with van der Waals surface area (Å²) in [4.78, 5) is 39.9. The molecule has 6 heterocycles. The molecule has 0 radical (unpaired) electrons. The van der Waals surface area contributed by atoms with Crippen molar-refractivity contribution in [1.82, 2.24) is 38.2 Å². The average Bonchev–Trinajstić information content (AvgIpc) is 3.70. The molecule has 2 saturated heterocycles. The van der Waals surface area contributed by atoms with Crippen molar-refractivity contribution >= 4 is 22.3 Å². The van der Waals surface area contributed by atoms with Crippen LogP contribution in [-0.2, 0) is 23.6 Å². The van der Waals surface area contributed by atoms with Gasteiger partial charge in [-0.15, -0.1) is 0 Å². The summed E-state index contributed by atoms with van der Waals surface area (Å²) in [5, 5.41) is 57.6. The number of imidazole rings is 2. The minimum absolute atomic E-state index is 0.146. The van der Waals surface area contributed by atoms with Crippen molar-refractivity contribution < 1.29 is 40.1 Å². The lowest BCUT2D eigenvalue weighted by Gasteiger charge is -2.16. The molecule has 216 valence electrons. The standard InChI is InChI=1S/2C11H14N4O5/c2*1-14-3-13-9-6(10(14)19)12-4-15(9)11-8(18)7(17)5(2-16)20-11/h2*3-5,7-8,11,16-18H,2H2,1H3/t2*5-,7-,8-,11-/m11/s1. The van der Waals surface area contributed by atoms with E-state index in [1.807, 2.05) is 0 Å². The van der Waals surface area contributed by atoms with Gasteiger partial charge in [-0.25, -0.2) is 19.9 Å². The monoisotopic (exact) mass is 564 g/mol. The quantitative estimate of drug-likeness (QED) is 0.137. The molecule has 0 spiro atoms.